The topological polar surface area (TPSA) is 32.8 Å². The number of benzene rings is 13. The Balaban J connectivity index is 1.07. The average Bonchev–Trinajstić information content (AvgIpc) is 4.01. The molecule has 0 unspecified atom stereocenters. The summed E-state index contributed by atoms with van der Waals surface area (Å²) in [6, 6.07) is 92.2. The standard InChI is InChI=1S/C68H42N2O2/c1-3-20-50-43(16-1)18-13-30-62(50)69(46-34-36-58-56-25-9-11-32-64(56)71-66(58)41-46)48-38-45(52-28-15-29-61-55-23-6-5-22-53(55)54-24-7-8-27-60(54)68(52)61)39-49(40-48)70(63-31-14-19-44-17-2-4-21-51(44)63)47-35-37-59-57-26-10-12-33-65(57)72-67(59)42-47/h1-42H. The van der Waals surface area contributed by atoms with Crippen LogP contribution in [0.4, 0.5) is 34.1 Å². The molecule has 15 rings (SSSR count). The van der Waals surface area contributed by atoms with Gasteiger partial charge in [0.1, 0.15) is 22.3 Å². The first-order valence-electron chi connectivity index (χ1n) is 24.6. The average molecular weight is 919 g/mol. The second kappa shape index (κ2) is 16.0. The van der Waals surface area contributed by atoms with E-state index in [1.807, 2.05) is 12.1 Å². The fourth-order valence-corrected chi connectivity index (χ4v) is 11.6. The zero-order valence-corrected chi connectivity index (χ0v) is 39.0. The number of nitrogens with zero attached hydrogens (tertiary/aromatic N) is 2. The normalized spacial score (nSPS) is 11.9. The van der Waals surface area contributed by atoms with Crippen LogP contribution in [0.15, 0.2) is 264 Å². The third kappa shape index (κ3) is 6.26. The molecule has 0 fully saturated rings. The summed E-state index contributed by atoms with van der Waals surface area (Å²) >= 11 is 0. The van der Waals surface area contributed by atoms with Crippen molar-refractivity contribution in [3.63, 3.8) is 0 Å². The van der Waals surface area contributed by atoms with Crippen LogP contribution in [-0.4, -0.2) is 0 Å². The van der Waals surface area contributed by atoms with E-state index in [2.05, 4.69) is 252 Å². The van der Waals surface area contributed by atoms with Gasteiger partial charge in [0.15, 0.2) is 0 Å². The number of anilines is 6. The van der Waals surface area contributed by atoms with Crippen molar-refractivity contribution in [3.05, 3.63) is 255 Å². The highest BCUT2D eigenvalue weighted by Crippen LogP contribution is 2.49. The minimum atomic E-state index is 0.833. The fraction of sp³-hybridized carbons (Fsp3) is 0. The van der Waals surface area contributed by atoms with Crippen LogP contribution in [0.25, 0.3) is 109 Å². The Morgan fingerprint density at radius 1 is 0.236 bits per heavy atom. The van der Waals surface area contributed by atoms with Crippen LogP contribution in [-0.2, 0) is 0 Å². The maximum Gasteiger partial charge on any atom is 0.137 e. The molecule has 4 nitrogen and oxygen atoms in total. The van der Waals surface area contributed by atoms with Gasteiger partial charge in [-0.25, -0.2) is 0 Å². The zero-order valence-electron chi connectivity index (χ0n) is 39.0. The summed E-state index contributed by atoms with van der Waals surface area (Å²) in [7, 11) is 0. The Morgan fingerprint density at radius 2 is 0.611 bits per heavy atom. The maximum absolute atomic E-state index is 6.65. The summed E-state index contributed by atoms with van der Waals surface area (Å²) < 4.78 is 13.3. The fourth-order valence-electron chi connectivity index (χ4n) is 11.6. The van der Waals surface area contributed by atoms with Crippen LogP contribution in [0.2, 0.25) is 0 Å². The van der Waals surface area contributed by atoms with Crippen LogP contribution >= 0.6 is 0 Å². The predicted octanol–water partition coefficient (Wildman–Crippen LogP) is 19.9. The third-order valence-corrected chi connectivity index (χ3v) is 14.8. The Morgan fingerprint density at radius 3 is 1.12 bits per heavy atom. The molecule has 0 N–H and O–H groups in total. The van der Waals surface area contributed by atoms with Gasteiger partial charge in [0.05, 0.1) is 11.4 Å². The molecule has 72 heavy (non-hydrogen) atoms. The van der Waals surface area contributed by atoms with E-state index in [-0.39, 0.29) is 0 Å². The number of hydrogen-bond donors (Lipinski definition) is 0. The van der Waals surface area contributed by atoms with E-state index in [0.717, 1.165) is 111 Å². The minimum absolute atomic E-state index is 0.833. The van der Waals surface area contributed by atoms with Crippen LogP contribution in [0.5, 0.6) is 0 Å². The van der Waals surface area contributed by atoms with Crippen molar-refractivity contribution < 1.29 is 8.83 Å². The van der Waals surface area contributed by atoms with E-state index in [4.69, 9.17) is 8.83 Å². The molecule has 0 saturated carbocycles. The van der Waals surface area contributed by atoms with Gasteiger partial charge in [0.25, 0.3) is 0 Å². The van der Waals surface area contributed by atoms with E-state index in [0.29, 0.717) is 0 Å². The number of furan rings is 2. The zero-order chi connectivity index (χ0) is 47.3. The molecule has 0 saturated heterocycles. The lowest BCUT2D eigenvalue weighted by atomic mass is 9.89. The van der Waals surface area contributed by atoms with Crippen molar-refractivity contribution in [2.24, 2.45) is 0 Å². The molecule has 13 aromatic carbocycles. The van der Waals surface area contributed by atoms with Crippen molar-refractivity contribution in [1.82, 2.24) is 0 Å². The molecule has 0 bridgehead atoms. The summed E-state index contributed by atoms with van der Waals surface area (Å²) in [6.45, 7) is 0. The monoisotopic (exact) mass is 918 g/mol. The molecular weight excluding hydrogens is 877 g/mol. The molecule has 4 heteroatoms. The van der Waals surface area contributed by atoms with Crippen molar-refractivity contribution in [3.8, 4) is 11.1 Å². The van der Waals surface area contributed by atoms with Crippen LogP contribution in [0.1, 0.15) is 0 Å². The summed E-state index contributed by atoms with van der Waals surface area (Å²) in [5.41, 5.74) is 11.7. The number of rotatable bonds is 7. The largest absolute Gasteiger partial charge is 0.456 e. The molecule has 0 spiro atoms. The van der Waals surface area contributed by atoms with Crippen molar-refractivity contribution >= 4 is 132 Å². The van der Waals surface area contributed by atoms with Gasteiger partial charge in [0, 0.05) is 67.2 Å². The summed E-state index contributed by atoms with van der Waals surface area (Å²) in [6.07, 6.45) is 0. The van der Waals surface area contributed by atoms with Gasteiger partial charge in [0.2, 0.25) is 0 Å². The molecule has 0 aliphatic heterocycles. The van der Waals surface area contributed by atoms with Gasteiger partial charge >= 0.3 is 0 Å². The Labute approximate surface area is 414 Å². The molecule has 2 heterocycles. The maximum atomic E-state index is 6.65. The van der Waals surface area contributed by atoms with Gasteiger partial charge in [-0.1, -0.05) is 176 Å². The molecule has 336 valence electrons. The molecular formula is C68H42N2O2. The van der Waals surface area contributed by atoms with Crippen molar-refractivity contribution in [2.45, 2.75) is 0 Å². The van der Waals surface area contributed by atoms with Crippen molar-refractivity contribution in [2.75, 3.05) is 9.80 Å². The minimum Gasteiger partial charge on any atom is -0.456 e. The smallest absolute Gasteiger partial charge is 0.137 e. The van der Waals surface area contributed by atoms with Gasteiger partial charge in [-0.15, -0.1) is 0 Å². The van der Waals surface area contributed by atoms with E-state index < -0.39 is 0 Å². The van der Waals surface area contributed by atoms with E-state index >= 15 is 0 Å². The lowest BCUT2D eigenvalue weighted by Crippen LogP contribution is -2.14. The summed E-state index contributed by atoms with van der Waals surface area (Å²) in [5, 5.41) is 16.3. The molecule has 2 aromatic heterocycles. The van der Waals surface area contributed by atoms with Crippen molar-refractivity contribution in [1.29, 1.82) is 0 Å². The summed E-state index contributed by atoms with van der Waals surface area (Å²) in [4.78, 5) is 4.84. The highest BCUT2D eigenvalue weighted by atomic mass is 16.3. The first kappa shape index (κ1) is 40.3. The highest BCUT2D eigenvalue weighted by molar-refractivity contribution is 6.28. The number of fused-ring (bicyclic) bond motifs is 14. The molecule has 0 atom stereocenters. The molecule has 15 aromatic rings. The molecule has 0 aliphatic rings. The Bertz CT molecular complexity index is 4410. The second-order valence-corrected chi connectivity index (χ2v) is 18.8. The van der Waals surface area contributed by atoms with Crippen LogP contribution in [0, 0.1) is 0 Å². The SMILES string of the molecule is c1ccc2c(N(c3cc(-c4cccc5c6ccccc6c6ccccc6c45)cc(N(c4ccc5c(c4)oc4ccccc45)c4cccc5ccccc45)c3)c3ccc4c(c3)oc3ccccc34)cccc2c1. The van der Waals surface area contributed by atoms with Gasteiger partial charge in [-0.2, -0.15) is 0 Å². The number of para-hydroxylation sites is 2. The second-order valence-electron chi connectivity index (χ2n) is 18.8. The summed E-state index contributed by atoms with van der Waals surface area (Å²) in [5.74, 6) is 0. The molecule has 0 aliphatic carbocycles. The predicted molar refractivity (Wildman–Crippen MR) is 303 cm³/mol. The first-order valence-corrected chi connectivity index (χ1v) is 24.6. The van der Waals surface area contributed by atoms with Gasteiger partial charge in [-0.3, -0.25) is 0 Å². The Kier molecular flexibility index (Phi) is 8.92. The molecule has 0 amide bonds. The lowest BCUT2D eigenvalue weighted by molar-refractivity contribution is 0.668. The van der Waals surface area contributed by atoms with E-state index in [1.54, 1.807) is 0 Å². The lowest BCUT2D eigenvalue weighted by Gasteiger charge is -2.31. The van der Waals surface area contributed by atoms with Crippen LogP contribution in [0.3, 0.4) is 0 Å². The van der Waals surface area contributed by atoms with Gasteiger partial charge in [-0.05, 0) is 121 Å². The van der Waals surface area contributed by atoms with Gasteiger partial charge < -0.3 is 18.6 Å². The first-order chi connectivity index (χ1) is 35.7. The highest BCUT2D eigenvalue weighted by Gasteiger charge is 2.24. The quantitative estimate of drug-likeness (QED) is 0.149. The number of hydrogen-bond acceptors (Lipinski definition) is 4. The third-order valence-electron chi connectivity index (χ3n) is 14.8. The molecule has 0 radical (unpaired) electrons. The van der Waals surface area contributed by atoms with E-state index in [9.17, 15) is 0 Å². The van der Waals surface area contributed by atoms with Crippen LogP contribution < -0.4 is 9.80 Å². The Hall–Kier alpha value is -9.64. The van der Waals surface area contributed by atoms with E-state index in [1.165, 1.54) is 32.3 Å².